The molecule has 0 aliphatic heterocycles. The minimum Gasteiger partial charge on any atom is -0.465 e. The smallest absolute Gasteiger partial charge is 0.339 e. The Labute approximate surface area is 236 Å². The molecule has 40 heavy (non-hydrogen) atoms. The van der Waals surface area contributed by atoms with Crippen LogP contribution in [0, 0.1) is 0 Å². The van der Waals surface area contributed by atoms with Crippen molar-refractivity contribution in [2.45, 2.75) is 13.8 Å². The first kappa shape index (κ1) is 28.1. The van der Waals surface area contributed by atoms with Gasteiger partial charge in [0.2, 0.25) is 0 Å². The fraction of sp³-hybridized carbons (Fsp3) is 0.111. The number of allylic oxidation sites excluding steroid dienone is 14. The third-order valence-corrected chi connectivity index (χ3v) is 6.52. The van der Waals surface area contributed by atoms with Crippen LogP contribution in [0.5, 0.6) is 0 Å². The van der Waals surface area contributed by atoms with Crippen molar-refractivity contribution in [1.82, 2.24) is 0 Å². The molecule has 0 fully saturated rings. The van der Waals surface area contributed by atoms with Gasteiger partial charge in [-0.3, -0.25) is 0 Å². The van der Waals surface area contributed by atoms with Gasteiger partial charge in [0.25, 0.3) is 0 Å². The van der Waals surface area contributed by atoms with Gasteiger partial charge in [-0.15, -0.1) is 0 Å². The predicted molar refractivity (Wildman–Crippen MR) is 162 cm³/mol. The molecule has 2 aromatic carbocycles. The van der Waals surface area contributed by atoms with Crippen molar-refractivity contribution in [3.05, 3.63) is 165 Å². The lowest BCUT2D eigenvalue weighted by Crippen LogP contribution is -2.18. The van der Waals surface area contributed by atoms with Gasteiger partial charge in [0.15, 0.2) is 0 Å². The molecule has 0 aromatic heterocycles. The van der Waals surface area contributed by atoms with Gasteiger partial charge in [-0.1, -0.05) is 121 Å². The highest BCUT2D eigenvalue weighted by molar-refractivity contribution is 6.10. The molecule has 0 bridgehead atoms. The number of ether oxygens (including phenoxy) is 2. The Balaban J connectivity index is 1.94. The van der Waals surface area contributed by atoms with Crippen molar-refractivity contribution < 1.29 is 19.1 Å². The number of rotatable bonds is 7. The molecule has 4 rings (SSSR count). The summed E-state index contributed by atoms with van der Waals surface area (Å²) < 4.78 is 10.3. The normalized spacial score (nSPS) is 15.8. The van der Waals surface area contributed by atoms with E-state index in [4.69, 9.17) is 9.47 Å². The summed E-state index contributed by atoms with van der Waals surface area (Å²) in [6, 6.07) is 20.0. The van der Waals surface area contributed by atoms with Crippen molar-refractivity contribution in [2.75, 3.05) is 14.2 Å². The van der Waals surface area contributed by atoms with Crippen LogP contribution >= 0.6 is 0 Å². The average molecular weight is 529 g/mol. The minimum atomic E-state index is -0.615. The summed E-state index contributed by atoms with van der Waals surface area (Å²) >= 11 is 0. The number of esters is 2. The molecular formula is C36H32O4. The lowest BCUT2D eigenvalue weighted by atomic mass is 9.85. The van der Waals surface area contributed by atoms with E-state index in [1.165, 1.54) is 14.2 Å². The molecule has 2 aliphatic carbocycles. The monoisotopic (exact) mass is 528 g/mol. The molecule has 0 unspecified atom stereocenters. The molecule has 0 saturated heterocycles. The Kier molecular flexibility index (Phi) is 9.27. The van der Waals surface area contributed by atoms with E-state index in [1.807, 2.05) is 123 Å². The van der Waals surface area contributed by atoms with Gasteiger partial charge in [0.05, 0.1) is 25.4 Å². The van der Waals surface area contributed by atoms with Gasteiger partial charge in [-0.2, -0.15) is 0 Å². The first-order valence-corrected chi connectivity index (χ1v) is 13.0. The van der Waals surface area contributed by atoms with E-state index in [-0.39, 0.29) is 11.1 Å². The number of carbonyl (C=O) groups excluding carboxylic acids is 2. The zero-order valence-electron chi connectivity index (χ0n) is 23.2. The summed E-state index contributed by atoms with van der Waals surface area (Å²) in [6.45, 7) is 4.03. The van der Waals surface area contributed by atoms with E-state index >= 15 is 0 Å². The number of fused-ring (bicyclic) bond motifs is 1. The Morgan fingerprint density at radius 2 is 1.23 bits per heavy atom. The molecule has 4 heteroatoms. The first-order chi connectivity index (χ1) is 19.4. The number of benzene rings is 2. The molecule has 0 amide bonds. The summed E-state index contributed by atoms with van der Waals surface area (Å²) in [7, 11) is 2.62. The summed E-state index contributed by atoms with van der Waals surface area (Å²) in [6.07, 6.45) is 19.5. The lowest BCUT2D eigenvalue weighted by Gasteiger charge is -2.19. The maximum atomic E-state index is 13.4. The quantitative estimate of drug-likeness (QED) is 0.273. The Bertz CT molecular complexity index is 1570. The third kappa shape index (κ3) is 6.54. The molecule has 0 N–H and O–H groups in total. The van der Waals surface area contributed by atoms with E-state index in [1.54, 1.807) is 6.08 Å². The molecule has 4 nitrogen and oxygen atoms in total. The maximum absolute atomic E-state index is 13.4. The van der Waals surface area contributed by atoms with Crippen LogP contribution in [0.3, 0.4) is 0 Å². The average Bonchev–Trinajstić information content (AvgIpc) is 3.22. The second kappa shape index (κ2) is 13.2. The summed E-state index contributed by atoms with van der Waals surface area (Å²) in [5.41, 5.74) is 7.44. The molecule has 0 atom stereocenters. The summed E-state index contributed by atoms with van der Waals surface area (Å²) in [5, 5.41) is 0. The van der Waals surface area contributed by atoms with Crippen LogP contribution in [0.25, 0.3) is 12.2 Å². The molecule has 200 valence electrons. The van der Waals surface area contributed by atoms with Crippen LogP contribution in [0.4, 0.5) is 0 Å². The molecule has 0 saturated carbocycles. The van der Waals surface area contributed by atoms with Crippen molar-refractivity contribution in [3.8, 4) is 0 Å². The van der Waals surface area contributed by atoms with E-state index in [9.17, 15) is 9.59 Å². The van der Waals surface area contributed by atoms with Crippen molar-refractivity contribution in [1.29, 1.82) is 0 Å². The van der Waals surface area contributed by atoms with Crippen molar-refractivity contribution >= 4 is 24.1 Å². The first-order valence-electron chi connectivity index (χ1n) is 13.0. The van der Waals surface area contributed by atoms with Gasteiger partial charge in [-0.05, 0) is 53.3 Å². The van der Waals surface area contributed by atoms with Gasteiger partial charge in [-0.25, -0.2) is 9.59 Å². The lowest BCUT2D eigenvalue weighted by molar-refractivity contribution is -0.139. The second-order valence-corrected chi connectivity index (χ2v) is 9.35. The highest BCUT2D eigenvalue weighted by Crippen LogP contribution is 2.41. The zero-order valence-corrected chi connectivity index (χ0v) is 23.2. The van der Waals surface area contributed by atoms with Crippen LogP contribution in [0.2, 0.25) is 0 Å². The third-order valence-electron chi connectivity index (χ3n) is 6.52. The molecule has 0 radical (unpaired) electrons. The minimum absolute atomic E-state index is 0.136. The largest absolute Gasteiger partial charge is 0.465 e. The summed E-state index contributed by atoms with van der Waals surface area (Å²) in [4.78, 5) is 26.4. The summed E-state index contributed by atoms with van der Waals surface area (Å²) in [5.74, 6) is -1.23. The second-order valence-electron chi connectivity index (χ2n) is 9.35. The fourth-order valence-corrected chi connectivity index (χ4v) is 4.73. The Morgan fingerprint density at radius 1 is 0.625 bits per heavy atom. The fourth-order valence-electron chi connectivity index (χ4n) is 4.73. The van der Waals surface area contributed by atoms with Gasteiger partial charge < -0.3 is 9.47 Å². The van der Waals surface area contributed by atoms with Gasteiger partial charge >= 0.3 is 11.9 Å². The highest BCUT2D eigenvalue weighted by atomic mass is 16.5. The molecular weight excluding hydrogens is 496 g/mol. The Hall–Kier alpha value is -4.96. The topological polar surface area (TPSA) is 52.6 Å². The van der Waals surface area contributed by atoms with Crippen LogP contribution in [-0.4, -0.2) is 26.2 Å². The van der Waals surface area contributed by atoms with Crippen LogP contribution in [0.1, 0.15) is 25.0 Å². The number of methoxy groups -OCH3 is 2. The maximum Gasteiger partial charge on any atom is 0.339 e. The van der Waals surface area contributed by atoms with Gasteiger partial charge in [0.1, 0.15) is 0 Å². The van der Waals surface area contributed by atoms with E-state index < -0.39 is 11.9 Å². The Morgan fingerprint density at radius 3 is 1.85 bits per heavy atom. The number of carbonyl (C=O) groups is 2. The number of hydrogen-bond donors (Lipinski definition) is 0. The van der Waals surface area contributed by atoms with Crippen LogP contribution < -0.4 is 0 Å². The van der Waals surface area contributed by atoms with E-state index in [2.05, 4.69) is 6.08 Å². The van der Waals surface area contributed by atoms with Crippen LogP contribution in [-0.2, 0) is 19.1 Å². The molecule has 2 aliphatic rings. The van der Waals surface area contributed by atoms with Crippen molar-refractivity contribution in [2.24, 2.45) is 0 Å². The van der Waals surface area contributed by atoms with Gasteiger partial charge in [0, 0.05) is 5.57 Å². The number of hydrogen-bond acceptors (Lipinski definition) is 4. The van der Waals surface area contributed by atoms with E-state index in [0.29, 0.717) is 5.57 Å². The van der Waals surface area contributed by atoms with Crippen molar-refractivity contribution in [3.63, 3.8) is 0 Å². The SMILES string of the molecule is COC(=O)C1=CC=C(/C=C/c2ccccc2)C2=C(C)C=C(C)C=C(/C=C/C=C/c3ccccc3)C2=C1C(=O)OC. The molecule has 2 aromatic rings. The predicted octanol–water partition coefficient (Wildman–Crippen LogP) is 7.68. The molecule has 0 spiro atoms. The van der Waals surface area contributed by atoms with Crippen LogP contribution in [0.15, 0.2) is 154 Å². The highest BCUT2D eigenvalue weighted by Gasteiger charge is 2.32. The molecule has 0 heterocycles. The standard InChI is InChI=1S/C36H32O4/c1-25-23-26(2)32-29(20-19-28-15-9-6-10-16-28)21-22-31(35(37)39-3)34(36(38)40-4)33(32)30(24-25)18-12-11-17-27-13-7-5-8-14-27/h5-24H,1-4H3/b17-11+,18-12+,20-19+. The van der Waals surface area contributed by atoms with E-state index in [0.717, 1.165) is 39.0 Å². The zero-order chi connectivity index (χ0) is 28.5.